The van der Waals surface area contributed by atoms with E-state index in [1.165, 1.54) is 7.05 Å². The summed E-state index contributed by atoms with van der Waals surface area (Å²) in [5.41, 5.74) is -2.01. The molecule has 156 valence electrons. The first kappa shape index (κ1) is 20.5. The number of H-pyrrole nitrogens is 1. The van der Waals surface area contributed by atoms with Gasteiger partial charge in [-0.3, -0.25) is 14.6 Å². The second-order valence-corrected chi connectivity index (χ2v) is 7.98. The van der Waals surface area contributed by atoms with Gasteiger partial charge < -0.3 is 20.1 Å². The van der Waals surface area contributed by atoms with Gasteiger partial charge in [0.2, 0.25) is 11.7 Å². The van der Waals surface area contributed by atoms with Crippen molar-refractivity contribution in [3.8, 4) is 0 Å². The Labute approximate surface area is 163 Å². The van der Waals surface area contributed by atoms with E-state index in [-0.39, 0.29) is 17.6 Å². The third-order valence-corrected chi connectivity index (χ3v) is 5.88. The van der Waals surface area contributed by atoms with Crippen LogP contribution in [0.25, 0.3) is 0 Å². The van der Waals surface area contributed by atoms with Crippen LogP contribution in [-0.2, 0) is 16.6 Å². The molecule has 0 unspecified atom stereocenters. The molecule has 3 N–H and O–H groups in total. The van der Waals surface area contributed by atoms with Gasteiger partial charge in [-0.15, -0.1) is 5.10 Å². The monoisotopic (exact) mass is 395 g/mol. The first-order chi connectivity index (χ1) is 13.2. The van der Waals surface area contributed by atoms with Gasteiger partial charge in [0.05, 0.1) is 11.1 Å². The van der Waals surface area contributed by atoms with Gasteiger partial charge >= 0.3 is 5.69 Å². The van der Waals surface area contributed by atoms with Crippen molar-refractivity contribution in [3.63, 3.8) is 0 Å². The van der Waals surface area contributed by atoms with Crippen LogP contribution < -0.4 is 11.0 Å². The molecule has 3 heterocycles. The number of aromatic nitrogens is 3. The second-order valence-electron chi connectivity index (χ2n) is 7.98. The molecule has 1 aromatic rings. The van der Waals surface area contributed by atoms with Crippen LogP contribution in [0.1, 0.15) is 56.6 Å². The van der Waals surface area contributed by atoms with Gasteiger partial charge in [-0.05, 0) is 32.6 Å². The van der Waals surface area contributed by atoms with Crippen LogP contribution in [0.3, 0.4) is 0 Å². The molecule has 3 rings (SSSR count). The first-order valence-electron chi connectivity index (χ1n) is 9.76. The number of nitrogens with zero attached hydrogens (tertiary/aromatic N) is 3. The molecule has 28 heavy (non-hydrogen) atoms. The van der Waals surface area contributed by atoms with Crippen LogP contribution in [-0.4, -0.2) is 73.5 Å². The molecule has 10 heteroatoms. The van der Waals surface area contributed by atoms with Gasteiger partial charge in [0.25, 0.3) is 5.91 Å². The van der Waals surface area contributed by atoms with E-state index < -0.39 is 22.9 Å². The number of hydrogen-bond acceptors (Lipinski definition) is 6. The third-order valence-electron chi connectivity index (χ3n) is 5.88. The molecule has 2 atom stereocenters. The summed E-state index contributed by atoms with van der Waals surface area (Å²) in [5, 5.41) is 18.0. The summed E-state index contributed by atoms with van der Waals surface area (Å²) in [5.74, 6) is -0.421. The predicted molar refractivity (Wildman–Crippen MR) is 99.7 cm³/mol. The quantitative estimate of drug-likeness (QED) is 0.633. The number of aliphatic hydroxyl groups excluding tert-OH is 1. The number of amides is 2. The molecule has 2 aliphatic rings. The molecular formula is C18H29N5O5. The van der Waals surface area contributed by atoms with Gasteiger partial charge in [0.1, 0.15) is 6.10 Å². The Kier molecular flexibility index (Phi) is 5.62. The minimum atomic E-state index is -0.874. The highest BCUT2D eigenvalue weighted by atomic mass is 16.5. The Morgan fingerprint density at radius 3 is 2.61 bits per heavy atom. The van der Waals surface area contributed by atoms with Crippen molar-refractivity contribution >= 4 is 11.8 Å². The van der Waals surface area contributed by atoms with E-state index in [2.05, 4.69) is 15.4 Å². The molecule has 0 radical (unpaired) electrons. The van der Waals surface area contributed by atoms with Crippen LogP contribution in [0.2, 0.25) is 0 Å². The maximum atomic E-state index is 12.6. The van der Waals surface area contributed by atoms with Crippen LogP contribution in [0.4, 0.5) is 0 Å². The van der Waals surface area contributed by atoms with Crippen molar-refractivity contribution in [3.05, 3.63) is 16.3 Å². The molecule has 0 aliphatic carbocycles. The van der Waals surface area contributed by atoms with E-state index >= 15 is 0 Å². The lowest BCUT2D eigenvalue weighted by Crippen LogP contribution is -2.69. The maximum absolute atomic E-state index is 12.6. The van der Waals surface area contributed by atoms with Crippen LogP contribution in [0.5, 0.6) is 0 Å². The maximum Gasteiger partial charge on any atom is 0.343 e. The van der Waals surface area contributed by atoms with Gasteiger partial charge in [-0.2, -0.15) is 0 Å². The van der Waals surface area contributed by atoms with Gasteiger partial charge in [0, 0.05) is 33.2 Å². The van der Waals surface area contributed by atoms with E-state index in [9.17, 15) is 19.5 Å². The highest BCUT2D eigenvalue weighted by molar-refractivity contribution is 5.90. The largest absolute Gasteiger partial charge is 0.388 e. The number of aryl methyl sites for hydroxylation is 1. The number of likely N-dealkylation sites (tertiary alicyclic amines) is 1. The number of piperidine rings is 1. The first-order valence-corrected chi connectivity index (χ1v) is 9.76. The van der Waals surface area contributed by atoms with Crippen LogP contribution >= 0.6 is 0 Å². The number of ether oxygens (including phenoxy) is 1. The molecule has 2 amide bonds. The molecule has 1 aromatic heterocycles. The van der Waals surface area contributed by atoms with Gasteiger partial charge in [0.15, 0.2) is 0 Å². The molecule has 2 saturated heterocycles. The highest BCUT2D eigenvalue weighted by Gasteiger charge is 2.54. The molecule has 2 aliphatic heterocycles. The van der Waals surface area contributed by atoms with E-state index in [0.29, 0.717) is 45.4 Å². The number of hydrogen-bond donors (Lipinski definition) is 3. The fourth-order valence-electron chi connectivity index (χ4n) is 4.16. The molecule has 0 aromatic carbocycles. The Balaban J connectivity index is 1.68. The van der Waals surface area contributed by atoms with E-state index in [1.54, 1.807) is 4.90 Å². The Hall–Kier alpha value is -2.20. The summed E-state index contributed by atoms with van der Waals surface area (Å²) >= 11 is 0. The Morgan fingerprint density at radius 1 is 1.36 bits per heavy atom. The predicted octanol–water partition coefficient (Wildman–Crippen LogP) is -0.461. The number of carbonyl (C=O) groups is 2. The highest BCUT2D eigenvalue weighted by Crippen LogP contribution is 2.40. The number of rotatable bonds is 4. The fourth-order valence-corrected chi connectivity index (χ4v) is 4.16. The van der Waals surface area contributed by atoms with E-state index in [4.69, 9.17) is 4.74 Å². The summed E-state index contributed by atoms with van der Waals surface area (Å²) in [7, 11) is 1.47. The summed E-state index contributed by atoms with van der Waals surface area (Å²) in [6.45, 7) is 4.96. The third kappa shape index (κ3) is 3.70. The lowest BCUT2D eigenvalue weighted by molar-refractivity contribution is -0.205. The second kappa shape index (κ2) is 7.67. The minimum absolute atomic E-state index is 0.00484. The summed E-state index contributed by atoms with van der Waals surface area (Å²) in [4.78, 5) is 40.2. The van der Waals surface area contributed by atoms with Crippen molar-refractivity contribution in [1.29, 1.82) is 0 Å². The SMILES string of the molecule is CCCC(=O)N[C@@]1(C)CCOC2(CCN(C(=O)c3nn(C)c(=O)[nH]3)CC2)[C@@H]1O. The molecule has 10 nitrogen and oxygen atoms in total. The number of carbonyl (C=O) groups excluding carboxylic acids is 2. The smallest absolute Gasteiger partial charge is 0.343 e. The fraction of sp³-hybridized carbons (Fsp3) is 0.778. The number of nitrogens with one attached hydrogen (secondary N) is 2. The Morgan fingerprint density at radius 2 is 2.04 bits per heavy atom. The number of aromatic amines is 1. The van der Waals surface area contributed by atoms with Gasteiger partial charge in [-0.1, -0.05) is 6.92 Å². The van der Waals surface area contributed by atoms with E-state index in [1.807, 2.05) is 13.8 Å². The summed E-state index contributed by atoms with van der Waals surface area (Å²) in [6.07, 6.45) is 1.70. The minimum Gasteiger partial charge on any atom is -0.388 e. The molecule has 0 saturated carbocycles. The normalized spacial score (nSPS) is 27.0. The van der Waals surface area contributed by atoms with Crippen molar-refractivity contribution in [2.75, 3.05) is 19.7 Å². The average molecular weight is 395 g/mol. The standard InChI is InChI=1S/C18H29N5O5/c1-4-5-12(24)20-17(2)8-11-28-18(15(17)26)6-9-23(10-7-18)14(25)13-19-16(27)22(3)21-13/h15,26H,4-11H2,1-3H3,(H,20,24)(H,19,21,27)/t15-,17+/m1/s1. The number of aliphatic hydroxyl groups is 1. The molecule has 0 bridgehead atoms. The zero-order valence-electron chi connectivity index (χ0n) is 16.7. The lowest BCUT2D eigenvalue weighted by Gasteiger charge is -2.53. The average Bonchev–Trinajstić information content (AvgIpc) is 2.99. The van der Waals surface area contributed by atoms with Crippen molar-refractivity contribution in [1.82, 2.24) is 25.0 Å². The van der Waals surface area contributed by atoms with Crippen LogP contribution in [0.15, 0.2) is 4.79 Å². The molecule has 2 fully saturated rings. The zero-order chi connectivity index (χ0) is 20.5. The Bertz CT molecular complexity index is 795. The topological polar surface area (TPSA) is 130 Å². The summed E-state index contributed by atoms with van der Waals surface area (Å²) in [6, 6.07) is 0. The van der Waals surface area contributed by atoms with E-state index in [0.717, 1.165) is 11.1 Å². The van der Waals surface area contributed by atoms with Crippen molar-refractivity contribution in [2.45, 2.75) is 63.2 Å². The summed E-state index contributed by atoms with van der Waals surface area (Å²) < 4.78 is 7.08. The molecule has 1 spiro atoms. The molecular weight excluding hydrogens is 366 g/mol. The van der Waals surface area contributed by atoms with Crippen molar-refractivity contribution in [2.24, 2.45) is 7.05 Å². The van der Waals surface area contributed by atoms with Crippen LogP contribution in [0, 0.1) is 0 Å². The lowest BCUT2D eigenvalue weighted by atomic mass is 9.73. The zero-order valence-corrected chi connectivity index (χ0v) is 16.7. The van der Waals surface area contributed by atoms with Gasteiger partial charge in [-0.25, -0.2) is 9.48 Å². The van der Waals surface area contributed by atoms with Crippen molar-refractivity contribution < 1.29 is 19.4 Å².